The van der Waals surface area contributed by atoms with Gasteiger partial charge in [0, 0.05) is 5.92 Å². The molecule has 29 heavy (non-hydrogen) atoms. The van der Waals surface area contributed by atoms with Crippen LogP contribution in [0.5, 0.6) is 0 Å². The Morgan fingerprint density at radius 1 is 0.552 bits per heavy atom. The highest BCUT2D eigenvalue weighted by atomic mass is 16.4. The molecule has 0 unspecified atom stereocenters. The first-order valence-electron chi connectivity index (χ1n) is 9.69. The average Bonchev–Trinajstić information content (AvgIpc) is 2.79. The van der Waals surface area contributed by atoms with Gasteiger partial charge in [-0.3, -0.25) is 4.79 Å². The highest BCUT2D eigenvalue weighted by Gasteiger charge is 2.50. The van der Waals surface area contributed by atoms with Crippen molar-refractivity contribution in [3.63, 3.8) is 0 Å². The lowest BCUT2D eigenvalue weighted by Crippen LogP contribution is -2.43. The van der Waals surface area contributed by atoms with E-state index in [1.807, 2.05) is 121 Å². The molecule has 4 aromatic carbocycles. The van der Waals surface area contributed by atoms with E-state index >= 15 is 0 Å². The van der Waals surface area contributed by atoms with Crippen molar-refractivity contribution in [3.05, 3.63) is 144 Å². The summed E-state index contributed by atoms with van der Waals surface area (Å²) in [6, 6.07) is 39.0. The molecule has 0 aromatic heterocycles. The zero-order valence-corrected chi connectivity index (χ0v) is 16.0. The van der Waals surface area contributed by atoms with E-state index in [9.17, 15) is 9.90 Å². The van der Waals surface area contributed by atoms with Crippen molar-refractivity contribution in [1.82, 2.24) is 0 Å². The maximum atomic E-state index is 13.2. The van der Waals surface area contributed by atoms with Gasteiger partial charge in [-0.15, -0.1) is 0 Å². The van der Waals surface area contributed by atoms with Gasteiger partial charge in [0.2, 0.25) is 0 Å². The first-order valence-corrected chi connectivity index (χ1v) is 9.69. The first kappa shape index (κ1) is 18.7. The standard InChI is InChI=1S/C27H22O2/c28-26(29)27(23-17-9-3-10-18-23,24-19-11-4-12-20-24)25(21-13-5-1-6-14-21)22-15-7-2-8-16-22/h1-20,25H,(H,28,29). The predicted molar refractivity (Wildman–Crippen MR) is 116 cm³/mol. The third-order valence-electron chi connectivity index (χ3n) is 5.49. The van der Waals surface area contributed by atoms with Crippen LogP contribution in [0, 0.1) is 0 Å². The molecular formula is C27H22O2. The summed E-state index contributed by atoms with van der Waals surface area (Å²) in [4.78, 5) is 13.2. The molecular weight excluding hydrogens is 356 g/mol. The zero-order valence-electron chi connectivity index (χ0n) is 16.0. The lowest BCUT2D eigenvalue weighted by atomic mass is 9.61. The number of hydrogen-bond donors (Lipinski definition) is 1. The third kappa shape index (κ3) is 3.34. The van der Waals surface area contributed by atoms with E-state index in [-0.39, 0.29) is 0 Å². The largest absolute Gasteiger partial charge is 0.480 e. The van der Waals surface area contributed by atoms with Crippen molar-refractivity contribution in [3.8, 4) is 0 Å². The summed E-state index contributed by atoms with van der Waals surface area (Å²) in [5, 5.41) is 10.8. The van der Waals surface area contributed by atoms with Gasteiger partial charge in [0.05, 0.1) is 0 Å². The fourth-order valence-corrected chi connectivity index (χ4v) is 4.26. The maximum absolute atomic E-state index is 13.2. The Labute approximate surface area is 171 Å². The molecule has 0 spiro atoms. The Bertz CT molecular complexity index is 980. The van der Waals surface area contributed by atoms with Gasteiger partial charge in [0.15, 0.2) is 0 Å². The third-order valence-corrected chi connectivity index (χ3v) is 5.49. The van der Waals surface area contributed by atoms with Gasteiger partial charge < -0.3 is 5.11 Å². The average molecular weight is 378 g/mol. The van der Waals surface area contributed by atoms with Crippen molar-refractivity contribution in [2.24, 2.45) is 0 Å². The van der Waals surface area contributed by atoms with E-state index in [0.717, 1.165) is 22.3 Å². The number of benzene rings is 4. The fraction of sp³-hybridized carbons (Fsp3) is 0.0741. The Morgan fingerprint density at radius 2 is 0.862 bits per heavy atom. The van der Waals surface area contributed by atoms with Crippen LogP contribution in [-0.4, -0.2) is 11.1 Å². The van der Waals surface area contributed by atoms with E-state index in [1.165, 1.54) is 0 Å². The molecule has 0 bridgehead atoms. The quantitative estimate of drug-likeness (QED) is 0.454. The van der Waals surface area contributed by atoms with E-state index in [1.54, 1.807) is 0 Å². The molecule has 4 rings (SSSR count). The Hall–Kier alpha value is -3.65. The van der Waals surface area contributed by atoms with Crippen molar-refractivity contribution in [1.29, 1.82) is 0 Å². The van der Waals surface area contributed by atoms with Crippen LogP contribution < -0.4 is 0 Å². The lowest BCUT2D eigenvalue weighted by molar-refractivity contribution is -0.142. The van der Waals surface area contributed by atoms with E-state index in [4.69, 9.17) is 0 Å². The maximum Gasteiger partial charge on any atom is 0.319 e. The minimum atomic E-state index is -1.27. The first-order chi connectivity index (χ1) is 14.2. The van der Waals surface area contributed by atoms with Gasteiger partial charge in [-0.2, -0.15) is 0 Å². The SMILES string of the molecule is O=C(O)C(c1ccccc1)(c1ccccc1)C(c1ccccc1)c1ccccc1. The minimum absolute atomic E-state index is 0.396. The number of rotatable bonds is 6. The summed E-state index contributed by atoms with van der Waals surface area (Å²) >= 11 is 0. The number of carboxylic acids is 1. The minimum Gasteiger partial charge on any atom is -0.480 e. The van der Waals surface area contributed by atoms with Crippen LogP contribution in [0.1, 0.15) is 28.2 Å². The number of carbonyl (C=O) groups is 1. The fourth-order valence-electron chi connectivity index (χ4n) is 4.26. The molecule has 0 heterocycles. The topological polar surface area (TPSA) is 37.3 Å². The molecule has 2 nitrogen and oxygen atoms in total. The molecule has 0 saturated carbocycles. The van der Waals surface area contributed by atoms with Crippen LogP contribution in [0.2, 0.25) is 0 Å². The molecule has 4 aromatic rings. The molecule has 2 heteroatoms. The molecule has 0 aliphatic carbocycles. The highest BCUT2D eigenvalue weighted by Crippen LogP contribution is 2.48. The van der Waals surface area contributed by atoms with Crippen LogP contribution in [-0.2, 0) is 10.2 Å². The molecule has 142 valence electrons. The monoisotopic (exact) mass is 378 g/mol. The van der Waals surface area contributed by atoms with Crippen molar-refractivity contribution in [2.45, 2.75) is 11.3 Å². The summed E-state index contributed by atoms with van der Waals surface area (Å²) in [5.41, 5.74) is 2.18. The van der Waals surface area contributed by atoms with Crippen LogP contribution in [0.4, 0.5) is 0 Å². The Kier molecular flexibility index (Phi) is 5.26. The van der Waals surface area contributed by atoms with Gasteiger partial charge in [0.1, 0.15) is 5.41 Å². The lowest BCUT2D eigenvalue weighted by Gasteiger charge is -2.39. The van der Waals surface area contributed by atoms with Gasteiger partial charge in [-0.1, -0.05) is 121 Å². The number of hydrogen-bond acceptors (Lipinski definition) is 1. The van der Waals surface area contributed by atoms with Crippen molar-refractivity contribution >= 4 is 5.97 Å². The second-order valence-electron chi connectivity index (χ2n) is 7.10. The summed E-state index contributed by atoms with van der Waals surface area (Å²) in [6.07, 6.45) is 0. The Balaban J connectivity index is 2.11. The summed E-state index contributed by atoms with van der Waals surface area (Å²) < 4.78 is 0. The molecule has 0 aliphatic rings. The summed E-state index contributed by atoms with van der Waals surface area (Å²) in [6.45, 7) is 0. The van der Waals surface area contributed by atoms with Crippen LogP contribution in [0.3, 0.4) is 0 Å². The van der Waals surface area contributed by atoms with Gasteiger partial charge in [-0.25, -0.2) is 0 Å². The predicted octanol–water partition coefficient (Wildman–Crippen LogP) is 5.89. The summed E-state index contributed by atoms with van der Waals surface area (Å²) in [7, 11) is 0. The molecule has 0 aliphatic heterocycles. The second kappa shape index (κ2) is 8.15. The molecule has 0 radical (unpaired) electrons. The van der Waals surface area contributed by atoms with E-state index in [2.05, 4.69) is 0 Å². The summed E-state index contributed by atoms with van der Waals surface area (Å²) in [5.74, 6) is -1.26. The normalized spacial score (nSPS) is 11.3. The van der Waals surface area contributed by atoms with Crippen molar-refractivity contribution in [2.75, 3.05) is 0 Å². The van der Waals surface area contributed by atoms with Crippen LogP contribution in [0.15, 0.2) is 121 Å². The molecule has 0 amide bonds. The number of carboxylic acid groups (broad SMARTS) is 1. The molecule has 0 atom stereocenters. The molecule has 0 fully saturated rings. The van der Waals surface area contributed by atoms with Gasteiger partial charge >= 0.3 is 5.97 Å². The molecule has 0 saturated heterocycles. The second-order valence-corrected chi connectivity index (χ2v) is 7.10. The smallest absolute Gasteiger partial charge is 0.319 e. The van der Waals surface area contributed by atoms with Crippen molar-refractivity contribution < 1.29 is 9.90 Å². The number of aliphatic carboxylic acids is 1. The van der Waals surface area contributed by atoms with E-state index < -0.39 is 17.3 Å². The molecule has 1 N–H and O–H groups in total. The van der Waals surface area contributed by atoms with E-state index in [0.29, 0.717) is 0 Å². The van der Waals surface area contributed by atoms with Gasteiger partial charge in [-0.05, 0) is 22.3 Å². The Morgan fingerprint density at radius 3 is 1.17 bits per heavy atom. The van der Waals surface area contributed by atoms with Crippen LogP contribution in [0.25, 0.3) is 0 Å². The van der Waals surface area contributed by atoms with Gasteiger partial charge in [0.25, 0.3) is 0 Å². The highest BCUT2D eigenvalue weighted by molar-refractivity contribution is 5.88. The van der Waals surface area contributed by atoms with Crippen LogP contribution >= 0.6 is 0 Å². The zero-order chi connectivity index (χ0) is 20.1.